The standard InChI is InChI=1S/C57H43N3/c1-56(2)49-20-12-10-18-43(49)45-27-24-40(32-51(45)56)59(55-35-58-34-38-14-8-9-17-42(38)55)41-25-28-46-44-26-22-37(31-50(44)57(3,4)52(46)33-41)36-23-29-54-48(30-36)47-19-11-13-21-53(47)60(54)39-15-6-5-7-16-39/h5-35H,1-4H3. The molecule has 8 aromatic carbocycles. The van der Waals surface area contributed by atoms with Crippen molar-refractivity contribution in [3.8, 4) is 39.1 Å². The Morgan fingerprint density at radius 1 is 0.417 bits per heavy atom. The second-order valence-electron chi connectivity index (χ2n) is 17.7. The van der Waals surface area contributed by atoms with E-state index >= 15 is 0 Å². The molecule has 2 aliphatic carbocycles. The molecule has 2 aromatic heterocycles. The minimum atomic E-state index is -0.228. The summed E-state index contributed by atoms with van der Waals surface area (Å²) < 4.78 is 2.38. The molecule has 0 aliphatic heterocycles. The molecule has 0 atom stereocenters. The zero-order chi connectivity index (χ0) is 40.3. The molecule has 0 fully saturated rings. The van der Waals surface area contributed by atoms with Crippen LogP contribution in [-0.2, 0) is 10.8 Å². The second-order valence-corrected chi connectivity index (χ2v) is 17.7. The monoisotopic (exact) mass is 769 g/mol. The van der Waals surface area contributed by atoms with E-state index in [9.17, 15) is 0 Å². The van der Waals surface area contributed by atoms with E-state index in [4.69, 9.17) is 4.98 Å². The molecule has 0 saturated carbocycles. The van der Waals surface area contributed by atoms with Crippen molar-refractivity contribution in [1.29, 1.82) is 0 Å². The van der Waals surface area contributed by atoms with Gasteiger partial charge in [-0.15, -0.1) is 0 Å². The van der Waals surface area contributed by atoms with Crippen molar-refractivity contribution in [2.75, 3.05) is 4.90 Å². The van der Waals surface area contributed by atoms with Crippen molar-refractivity contribution < 1.29 is 0 Å². The molecule has 2 heterocycles. The van der Waals surface area contributed by atoms with Crippen LogP contribution in [0.15, 0.2) is 188 Å². The van der Waals surface area contributed by atoms with Gasteiger partial charge in [0.25, 0.3) is 0 Å². The fourth-order valence-corrected chi connectivity index (χ4v) is 10.6. The third-order valence-corrected chi connectivity index (χ3v) is 13.7. The fraction of sp³-hybridized carbons (Fsp3) is 0.105. The van der Waals surface area contributed by atoms with Gasteiger partial charge in [-0.3, -0.25) is 4.98 Å². The van der Waals surface area contributed by atoms with Gasteiger partial charge >= 0.3 is 0 Å². The number of hydrogen-bond donors (Lipinski definition) is 0. The summed E-state index contributed by atoms with van der Waals surface area (Å²) in [5.41, 5.74) is 19.7. The summed E-state index contributed by atoms with van der Waals surface area (Å²) >= 11 is 0. The topological polar surface area (TPSA) is 21.1 Å². The van der Waals surface area contributed by atoms with Crippen LogP contribution in [-0.4, -0.2) is 9.55 Å². The molecule has 0 saturated heterocycles. The molecule has 0 N–H and O–H groups in total. The van der Waals surface area contributed by atoms with E-state index in [-0.39, 0.29) is 10.8 Å². The molecule has 0 amide bonds. The first kappa shape index (κ1) is 34.8. The Balaban J connectivity index is 0.981. The van der Waals surface area contributed by atoms with Crippen LogP contribution in [0.1, 0.15) is 49.9 Å². The van der Waals surface area contributed by atoms with Crippen molar-refractivity contribution in [3.05, 3.63) is 211 Å². The van der Waals surface area contributed by atoms with Crippen molar-refractivity contribution >= 4 is 49.6 Å². The average Bonchev–Trinajstić information content (AvgIpc) is 3.83. The van der Waals surface area contributed by atoms with Gasteiger partial charge in [-0.1, -0.05) is 143 Å². The molecule has 0 radical (unpaired) electrons. The van der Waals surface area contributed by atoms with Crippen LogP contribution < -0.4 is 4.90 Å². The van der Waals surface area contributed by atoms with Gasteiger partial charge < -0.3 is 9.47 Å². The Hall–Kier alpha value is -7.23. The van der Waals surface area contributed by atoms with Gasteiger partial charge in [0.2, 0.25) is 0 Å². The fourth-order valence-electron chi connectivity index (χ4n) is 10.6. The largest absolute Gasteiger partial charge is 0.309 e. The van der Waals surface area contributed by atoms with Crippen molar-refractivity contribution in [1.82, 2.24) is 9.55 Å². The molecule has 286 valence electrons. The van der Waals surface area contributed by atoms with Crippen LogP contribution >= 0.6 is 0 Å². The highest BCUT2D eigenvalue weighted by molar-refractivity contribution is 6.10. The number of aromatic nitrogens is 2. The zero-order valence-electron chi connectivity index (χ0n) is 34.2. The molecular formula is C57H43N3. The minimum Gasteiger partial charge on any atom is -0.309 e. The van der Waals surface area contributed by atoms with Crippen molar-refractivity contribution in [2.24, 2.45) is 0 Å². The number of benzene rings is 8. The van der Waals surface area contributed by atoms with Gasteiger partial charge in [-0.2, -0.15) is 0 Å². The summed E-state index contributed by atoms with van der Waals surface area (Å²) in [6.07, 6.45) is 4.00. The molecular weight excluding hydrogens is 727 g/mol. The predicted octanol–water partition coefficient (Wildman–Crippen LogP) is 15.1. The molecule has 2 aliphatic rings. The molecule has 60 heavy (non-hydrogen) atoms. The van der Waals surface area contributed by atoms with Crippen LogP contribution in [0, 0.1) is 0 Å². The number of hydrogen-bond acceptors (Lipinski definition) is 2. The number of anilines is 3. The first-order valence-corrected chi connectivity index (χ1v) is 21.0. The Morgan fingerprint density at radius 3 is 1.73 bits per heavy atom. The van der Waals surface area contributed by atoms with Gasteiger partial charge in [-0.25, -0.2) is 0 Å². The number of rotatable bonds is 5. The SMILES string of the molecule is CC1(C)c2ccccc2-c2ccc(N(c3ccc4c(c3)C(C)(C)c3cc(-c5ccc6c(c5)c5ccccc5n6-c5ccccc5)ccc3-4)c3cncc4ccccc34)cc21. The van der Waals surface area contributed by atoms with Gasteiger partial charge in [0.15, 0.2) is 0 Å². The quantitative estimate of drug-likeness (QED) is 0.174. The molecule has 3 nitrogen and oxygen atoms in total. The smallest absolute Gasteiger partial charge is 0.0723 e. The lowest BCUT2D eigenvalue weighted by Gasteiger charge is -2.30. The number of fused-ring (bicyclic) bond motifs is 10. The summed E-state index contributed by atoms with van der Waals surface area (Å²) in [5, 5.41) is 4.83. The normalized spacial score (nSPS) is 14.3. The average molecular weight is 770 g/mol. The maximum atomic E-state index is 4.80. The lowest BCUT2D eigenvalue weighted by Crippen LogP contribution is -2.18. The second kappa shape index (κ2) is 12.6. The number of para-hydroxylation sites is 2. The third kappa shape index (κ3) is 4.93. The van der Waals surface area contributed by atoms with Crippen LogP contribution in [0.3, 0.4) is 0 Å². The summed E-state index contributed by atoms with van der Waals surface area (Å²) in [5.74, 6) is 0. The lowest BCUT2D eigenvalue weighted by atomic mass is 9.81. The Bertz CT molecular complexity index is 3380. The lowest BCUT2D eigenvalue weighted by molar-refractivity contribution is 0.660. The van der Waals surface area contributed by atoms with Gasteiger partial charge in [-0.05, 0) is 116 Å². The van der Waals surface area contributed by atoms with Crippen LogP contribution in [0.25, 0.3) is 71.6 Å². The first-order valence-electron chi connectivity index (χ1n) is 21.0. The highest BCUT2D eigenvalue weighted by Crippen LogP contribution is 2.54. The highest BCUT2D eigenvalue weighted by Gasteiger charge is 2.38. The van der Waals surface area contributed by atoms with Crippen LogP contribution in [0.2, 0.25) is 0 Å². The van der Waals surface area contributed by atoms with Crippen molar-refractivity contribution in [2.45, 2.75) is 38.5 Å². The van der Waals surface area contributed by atoms with Gasteiger partial charge in [0.1, 0.15) is 0 Å². The highest BCUT2D eigenvalue weighted by atomic mass is 15.1. The number of pyridine rings is 1. The van der Waals surface area contributed by atoms with Gasteiger partial charge in [0.05, 0.1) is 22.9 Å². The maximum Gasteiger partial charge on any atom is 0.0723 e. The molecule has 3 heteroatoms. The first-order chi connectivity index (χ1) is 29.3. The molecule has 0 bridgehead atoms. The van der Waals surface area contributed by atoms with E-state index in [0.717, 1.165) is 22.4 Å². The molecule has 0 spiro atoms. The van der Waals surface area contributed by atoms with Crippen LogP contribution in [0.5, 0.6) is 0 Å². The van der Waals surface area contributed by atoms with E-state index in [0.29, 0.717) is 0 Å². The van der Waals surface area contributed by atoms with E-state index in [1.165, 1.54) is 88.5 Å². The van der Waals surface area contributed by atoms with Crippen LogP contribution in [0.4, 0.5) is 17.1 Å². The van der Waals surface area contributed by atoms with E-state index in [1.807, 2.05) is 12.4 Å². The summed E-state index contributed by atoms with van der Waals surface area (Å²) in [4.78, 5) is 7.23. The summed E-state index contributed by atoms with van der Waals surface area (Å²) in [7, 11) is 0. The van der Waals surface area contributed by atoms with E-state index < -0.39 is 0 Å². The van der Waals surface area contributed by atoms with Crippen molar-refractivity contribution in [3.63, 3.8) is 0 Å². The molecule has 0 unspecified atom stereocenters. The van der Waals surface area contributed by atoms with Gasteiger partial charge in [0, 0.05) is 55.6 Å². The minimum absolute atomic E-state index is 0.118. The Kier molecular flexibility index (Phi) is 7.32. The zero-order valence-corrected chi connectivity index (χ0v) is 34.2. The Labute approximate surface area is 350 Å². The summed E-state index contributed by atoms with van der Waals surface area (Å²) in [6, 6.07) is 65.2. The van der Waals surface area contributed by atoms with E-state index in [1.54, 1.807) is 0 Å². The Morgan fingerprint density at radius 2 is 0.967 bits per heavy atom. The third-order valence-electron chi connectivity index (χ3n) is 13.7. The molecule has 10 aromatic rings. The predicted molar refractivity (Wildman–Crippen MR) is 251 cm³/mol. The maximum absolute atomic E-state index is 4.80. The number of nitrogens with zero attached hydrogens (tertiary/aromatic N) is 3. The summed E-state index contributed by atoms with van der Waals surface area (Å²) in [6.45, 7) is 9.49. The van der Waals surface area contributed by atoms with E-state index in [2.05, 4.69) is 213 Å². The molecule has 12 rings (SSSR count).